The predicted octanol–water partition coefficient (Wildman–Crippen LogP) is 6.75. The van der Waals surface area contributed by atoms with Crippen LogP contribution in [0.3, 0.4) is 0 Å². The number of carbonyl (C=O) groups excluding carboxylic acids is 1. The third-order valence-electron chi connectivity index (χ3n) is 4.79. The highest BCUT2D eigenvalue weighted by molar-refractivity contribution is 6.34. The molecule has 0 spiro atoms. The smallest absolute Gasteiger partial charge is 0.255 e. The molecule has 31 heavy (non-hydrogen) atoms. The van der Waals surface area contributed by atoms with E-state index in [1.54, 1.807) is 30.3 Å². The van der Waals surface area contributed by atoms with Gasteiger partial charge in [-0.2, -0.15) is 0 Å². The fourth-order valence-corrected chi connectivity index (χ4v) is 3.41. The van der Waals surface area contributed by atoms with Crippen molar-refractivity contribution in [2.75, 3.05) is 5.32 Å². The first-order valence-electron chi connectivity index (χ1n) is 10.2. The molecule has 1 amide bonds. The van der Waals surface area contributed by atoms with Crippen molar-refractivity contribution in [3.63, 3.8) is 0 Å². The summed E-state index contributed by atoms with van der Waals surface area (Å²) in [4.78, 5) is 17.4. The van der Waals surface area contributed by atoms with Crippen LogP contribution in [0.4, 0.5) is 5.69 Å². The number of fused-ring (bicyclic) bond motifs is 1. The third kappa shape index (κ3) is 4.72. The monoisotopic (exact) mass is 434 g/mol. The Morgan fingerprint density at radius 2 is 1.97 bits per heavy atom. The van der Waals surface area contributed by atoms with Gasteiger partial charge in [0, 0.05) is 11.1 Å². The number of anilines is 1. The van der Waals surface area contributed by atoms with Crippen LogP contribution < -0.4 is 10.1 Å². The van der Waals surface area contributed by atoms with E-state index < -0.39 is 0 Å². The molecule has 1 N–H and O–H groups in total. The molecule has 6 heteroatoms. The molecule has 5 nitrogen and oxygen atoms in total. The lowest BCUT2D eigenvalue weighted by molar-refractivity contribution is 0.102. The summed E-state index contributed by atoms with van der Waals surface area (Å²) in [5.41, 5.74) is 4.40. The van der Waals surface area contributed by atoms with E-state index in [9.17, 15) is 4.79 Å². The van der Waals surface area contributed by atoms with E-state index in [1.807, 2.05) is 44.2 Å². The van der Waals surface area contributed by atoms with Crippen LogP contribution >= 0.6 is 11.6 Å². The Kier molecular flexibility index (Phi) is 5.96. The zero-order valence-corrected chi connectivity index (χ0v) is 18.4. The topological polar surface area (TPSA) is 64.4 Å². The number of ether oxygens (including phenoxy) is 1. The molecule has 0 aliphatic carbocycles. The van der Waals surface area contributed by atoms with E-state index in [-0.39, 0.29) is 12.0 Å². The van der Waals surface area contributed by atoms with Gasteiger partial charge in [-0.15, -0.1) is 0 Å². The Balaban J connectivity index is 1.60. The van der Waals surface area contributed by atoms with Crippen LogP contribution in [0.2, 0.25) is 5.02 Å². The Bertz CT molecular complexity index is 1250. The molecule has 4 aromatic rings. The van der Waals surface area contributed by atoms with Crippen LogP contribution in [-0.4, -0.2) is 17.0 Å². The largest absolute Gasteiger partial charge is 0.491 e. The summed E-state index contributed by atoms with van der Waals surface area (Å²) in [6, 6.07) is 18.3. The van der Waals surface area contributed by atoms with Crippen LogP contribution in [0.15, 0.2) is 65.1 Å². The second kappa shape index (κ2) is 8.82. The van der Waals surface area contributed by atoms with E-state index in [2.05, 4.69) is 17.2 Å². The minimum Gasteiger partial charge on any atom is -0.491 e. The van der Waals surface area contributed by atoms with E-state index in [0.717, 1.165) is 23.1 Å². The summed E-state index contributed by atoms with van der Waals surface area (Å²) in [6.45, 7) is 5.97. The lowest BCUT2D eigenvalue weighted by Crippen LogP contribution is -2.13. The number of aromatic nitrogens is 1. The van der Waals surface area contributed by atoms with Gasteiger partial charge in [0.1, 0.15) is 11.3 Å². The summed E-state index contributed by atoms with van der Waals surface area (Å²) in [5.74, 6) is 0.835. The van der Waals surface area contributed by atoms with Gasteiger partial charge in [-0.05, 0) is 74.4 Å². The normalized spacial score (nSPS) is 11.1. The lowest BCUT2D eigenvalue weighted by Gasteiger charge is -2.12. The van der Waals surface area contributed by atoms with Gasteiger partial charge in [0.05, 0.1) is 16.8 Å². The zero-order chi connectivity index (χ0) is 22.0. The van der Waals surface area contributed by atoms with Crippen molar-refractivity contribution in [1.82, 2.24) is 4.98 Å². The molecule has 1 heterocycles. The highest BCUT2D eigenvalue weighted by Gasteiger charge is 2.14. The standard InChI is InChI=1S/C25H23ClN2O3/c1-4-16-8-11-23-22(12-16)28-25(31-23)18-9-10-20(26)21(14-18)27-24(29)17-6-5-7-19(13-17)30-15(2)3/h5-15H,4H2,1-3H3,(H,27,29). The number of oxazole rings is 1. The number of halogens is 1. The SMILES string of the molecule is CCc1ccc2oc(-c3ccc(Cl)c(NC(=O)c4cccc(OC(C)C)c4)c3)nc2c1. The number of nitrogens with one attached hydrogen (secondary N) is 1. The minimum absolute atomic E-state index is 0.0224. The van der Waals surface area contributed by atoms with Crippen molar-refractivity contribution in [3.05, 3.63) is 76.8 Å². The van der Waals surface area contributed by atoms with Gasteiger partial charge in [-0.25, -0.2) is 4.98 Å². The molecular weight excluding hydrogens is 412 g/mol. The number of aryl methyl sites for hydroxylation is 1. The number of hydrogen-bond donors (Lipinski definition) is 1. The summed E-state index contributed by atoms with van der Waals surface area (Å²) < 4.78 is 11.6. The van der Waals surface area contributed by atoms with Gasteiger partial charge in [-0.1, -0.05) is 30.7 Å². The molecule has 0 saturated heterocycles. The average molecular weight is 435 g/mol. The molecule has 0 radical (unpaired) electrons. The maximum atomic E-state index is 12.8. The summed E-state index contributed by atoms with van der Waals surface area (Å²) in [6.07, 6.45) is 0.952. The second-order valence-corrected chi connectivity index (χ2v) is 7.93. The number of amides is 1. The van der Waals surface area contributed by atoms with Gasteiger partial charge >= 0.3 is 0 Å². The Morgan fingerprint density at radius 3 is 2.74 bits per heavy atom. The average Bonchev–Trinajstić information content (AvgIpc) is 3.18. The molecule has 0 aliphatic heterocycles. The first-order chi connectivity index (χ1) is 14.9. The fourth-order valence-electron chi connectivity index (χ4n) is 3.25. The lowest BCUT2D eigenvalue weighted by atomic mass is 10.1. The van der Waals surface area contributed by atoms with E-state index in [1.165, 1.54) is 5.56 Å². The van der Waals surface area contributed by atoms with Crippen molar-refractivity contribution in [2.24, 2.45) is 0 Å². The molecule has 0 saturated carbocycles. The minimum atomic E-state index is -0.279. The van der Waals surface area contributed by atoms with Crippen LogP contribution in [-0.2, 0) is 6.42 Å². The summed E-state index contributed by atoms with van der Waals surface area (Å²) in [7, 11) is 0. The Labute approximate surface area is 186 Å². The Morgan fingerprint density at radius 1 is 1.13 bits per heavy atom. The summed E-state index contributed by atoms with van der Waals surface area (Å²) >= 11 is 6.34. The first-order valence-corrected chi connectivity index (χ1v) is 10.6. The zero-order valence-electron chi connectivity index (χ0n) is 17.6. The predicted molar refractivity (Wildman–Crippen MR) is 124 cm³/mol. The molecular formula is C25H23ClN2O3. The van der Waals surface area contributed by atoms with Gasteiger partial charge in [0.2, 0.25) is 5.89 Å². The second-order valence-electron chi connectivity index (χ2n) is 7.52. The van der Waals surface area contributed by atoms with Gasteiger partial charge < -0.3 is 14.5 Å². The number of benzene rings is 3. The molecule has 0 atom stereocenters. The molecule has 0 fully saturated rings. The van der Waals surface area contributed by atoms with Gasteiger partial charge in [0.15, 0.2) is 5.58 Å². The van der Waals surface area contributed by atoms with Gasteiger partial charge in [-0.3, -0.25) is 4.79 Å². The fraction of sp³-hybridized carbons (Fsp3) is 0.200. The molecule has 3 aromatic carbocycles. The van der Waals surface area contributed by atoms with Crippen molar-refractivity contribution in [3.8, 4) is 17.2 Å². The number of nitrogens with zero attached hydrogens (tertiary/aromatic N) is 1. The first kappa shape index (κ1) is 20.9. The van der Waals surface area contributed by atoms with E-state index in [0.29, 0.717) is 27.9 Å². The van der Waals surface area contributed by atoms with Gasteiger partial charge in [0.25, 0.3) is 5.91 Å². The number of carbonyl (C=O) groups is 1. The van der Waals surface area contributed by atoms with Crippen molar-refractivity contribution in [1.29, 1.82) is 0 Å². The van der Waals surface area contributed by atoms with Crippen molar-refractivity contribution >= 4 is 34.3 Å². The molecule has 158 valence electrons. The third-order valence-corrected chi connectivity index (χ3v) is 5.12. The number of hydrogen-bond acceptors (Lipinski definition) is 4. The quantitative estimate of drug-likeness (QED) is 0.364. The van der Waals surface area contributed by atoms with E-state index in [4.69, 9.17) is 20.8 Å². The maximum absolute atomic E-state index is 12.8. The Hall–Kier alpha value is -3.31. The van der Waals surface area contributed by atoms with Crippen molar-refractivity contribution < 1.29 is 13.9 Å². The number of rotatable bonds is 6. The summed E-state index contributed by atoms with van der Waals surface area (Å²) in [5, 5.41) is 3.30. The molecule has 0 bridgehead atoms. The highest BCUT2D eigenvalue weighted by Crippen LogP contribution is 2.31. The van der Waals surface area contributed by atoms with Crippen LogP contribution in [0, 0.1) is 0 Å². The highest BCUT2D eigenvalue weighted by atomic mass is 35.5. The van der Waals surface area contributed by atoms with Crippen molar-refractivity contribution in [2.45, 2.75) is 33.3 Å². The molecule has 0 unspecified atom stereocenters. The van der Waals surface area contributed by atoms with E-state index >= 15 is 0 Å². The van der Waals surface area contributed by atoms with Crippen LogP contribution in [0.25, 0.3) is 22.6 Å². The van der Waals surface area contributed by atoms with Crippen LogP contribution in [0.5, 0.6) is 5.75 Å². The maximum Gasteiger partial charge on any atom is 0.255 e. The van der Waals surface area contributed by atoms with Crippen LogP contribution in [0.1, 0.15) is 36.7 Å². The molecule has 1 aromatic heterocycles. The molecule has 0 aliphatic rings. The molecule has 4 rings (SSSR count).